The third-order valence-electron chi connectivity index (χ3n) is 4.53. The van der Waals surface area contributed by atoms with E-state index >= 15 is 0 Å². The van der Waals surface area contributed by atoms with Crippen LogP contribution in [0.5, 0.6) is 0 Å². The fourth-order valence-electron chi connectivity index (χ4n) is 3.30. The molecule has 0 aromatic rings. The first-order chi connectivity index (χ1) is 8.69. The van der Waals surface area contributed by atoms with Gasteiger partial charge in [-0.1, -0.05) is 6.92 Å². The molecule has 3 N–H and O–H groups in total. The molecule has 0 radical (unpaired) electrons. The SMILES string of the molecule is CCN1CCCC(C(N)=O)(N2CCNCC2)CC1. The minimum absolute atomic E-state index is 0.123. The van der Waals surface area contributed by atoms with Crippen molar-refractivity contribution in [2.75, 3.05) is 45.8 Å². The van der Waals surface area contributed by atoms with Gasteiger partial charge in [-0.25, -0.2) is 0 Å². The predicted octanol–water partition coefficient (Wildman–Crippen LogP) is -0.378. The molecule has 18 heavy (non-hydrogen) atoms. The number of carbonyl (C=O) groups excluding carboxylic acids is 1. The van der Waals surface area contributed by atoms with Gasteiger partial charge in [0.15, 0.2) is 0 Å². The molecule has 0 spiro atoms. The van der Waals surface area contributed by atoms with Gasteiger partial charge in [-0.15, -0.1) is 0 Å². The van der Waals surface area contributed by atoms with Crippen molar-refractivity contribution in [3.8, 4) is 0 Å². The van der Waals surface area contributed by atoms with Crippen LogP contribution in [0.25, 0.3) is 0 Å². The Morgan fingerprint density at radius 1 is 1.22 bits per heavy atom. The zero-order valence-corrected chi connectivity index (χ0v) is 11.5. The summed E-state index contributed by atoms with van der Waals surface area (Å²) in [6.45, 7) is 9.14. The van der Waals surface area contributed by atoms with Crippen LogP contribution < -0.4 is 11.1 Å². The Hall–Kier alpha value is -0.650. The highest BCUT2D eigenvalue weighted by molar-refractivity contribution is 5.84. The second-order valence-corrected chi connectivity index (χ2v) is 5.42. The molecule has 0 aromatic carbocycles. The van der Waals surface area contributed by atoms with Crippen LogP contribution in [0, 0.1) is 0 Å². The van der Waals surface area contributed by atoms with Gasteiger partial charge in [0.2, 0.25) is 5.91 Å². The second kappa shape index (κ2) is 5.99. The minimum Gasteiger partial charge on any atom is -0.368 e. The van der Waals surface area contributed by atoms with Crippen LogP contribution in [0.3, 0.4) is 0 Å². The molecule has 5 nitrogen and oxygen atoms in total. The molecule has 2 saturated heterocycles. The summed E-state index contributed by atoms with van der Waals surface area (Å²) in [5.41, 5.74) is 5.37. The summed E-state index contributed by atoms with van der Waals surface area (Å²) in [5, 5.41) is 3.34. The number of carbonyl (C=O) groups is 1. The third kappa shape index (κ3) is 2.68. The fourth-order valence-corrected chi connectivity index (χ4v) is 3.30. The first-order valence-corrected chi connectivity index (χ1v) is 7.17. The molecular formula is C13H26N4O. The standard InChI is InChI=1S/C13H26N4O/c1-2-16-8-3-4-13(5-9-16,12(14)18)17-10-6-15-7-11-17/h15H,2-11H2,1H3,(H2,14,18). The van der Waals surface area contributed by atoms with E-state index in [9.17, 15) is 4.79 Å². The Balaban J connectivity index is 2.12. The number of primary amides is 1. The molecule has 0 aromatic heterocycles. The first kappa shape index (κ1) is 13.8. The molecule has 104 valence electrons. The second-order valence-electron chi connectivity index (χ2n) is 5.42. The lowest BCUT2D eigenvalue weighted by atomic mass is 9.87. The first-order valence-electron chi connectivity index (χ1n) is 7.17. The number of nitrogens with zero attached hydrogens (tertiary/aromatic N) is 2. The highest BCUT2D eigenvalue weighted by Gasteiger charge is 2.43. The maximum absolute atomic E-state index is 12.1. The van der Waals surface area contributed by atoms with Crippen LogP contribution in [-0.2, 0) is 4.79 Å². The molecule has 2 heterocycles. The summed E-state index contributed by atoms with van der Waals surface area (Å²) in [6, 6.07) is 0. The number of hydrogen-bond donors (Lipinski definition) is 2. The Bertz CT molecular complexity index is 291. The van der Waals surface area contributed by atoms with Gasteiger partial charge in [-0.3, -0.25) is 9.69 Å². The van der Waals surface area contributed by atoms with Crippen molar-refractivity contribution in [2.45, 2.75) is 31.7 Å². The number of piperazine rings is 1. The van der Waals surface area contributed by atoms with Crippen LogP contribution in [0.4, 0.5) is 0 Å². The summed E-state index contributed by atoms with van der Waals surface area (Å²) in [5.74, 6) is -0.123. The maximum atomic E-state index is 12.1. The van der Waals surface area contributed by atoms with E-state index in [1.165, 1.54) is 0 Å². The van der Waals surface area contributed by atoms with Gasteiger partial charge in [-0.2, -0.15) is 0 Å². The molecule has 2 rings (SSSR count). The summed E-state index contributed by atoms with van der Waals surface area (Å²) in [4.78, 5) is 16.8. The van der Waals surface area contributed by atoms with E-state index in [4.69, 9.17) is 5.73 Å². The Kier molecular flexibility index (Phi) is 4.59. The van der Waals surface area contributed by atoms with Crippen LogP contribution in [0.15, 0.2) is 0 Å². The van der Waals surface area contributed by atoms with Crippen LogP contribution in [0.1, 0.15) is 26.2 Å². The number of nitrogens with two attached hydrogens (primary N) is 1. The zero-order chi connectivity index (χ0) is 13.0. The smallest absolute Gasteiger partial charge is 0.238 e. The van der Waals surface area contributed by atoms with Crippen molar-refractivity contribution < 1.29 is 4.79 Å². The largest absolute Gasteiger partial charge is 0.368 e. The van der Waals surface area contributed by atoms with E-state index in [0.29, 0.717) is 0 Å². The van der Waals surface area contributed by atoms with Crippen LogP contribution in [-0.4, -0.2) is 67.1 Å². The van der Waals surface area contributed by atoms with E-state index < -0.39 is 5.54 Å². The lowest BCUT2D eigenvalue weighted by Crippen LogP contribution is -2.62. The van der Waals surface area contributed by atoms with Gasteiger partial charge in [0.25, 0.3) is 0 Å². The van der Waals surface area contributed by atoms with Crippen molar-refractivity contribution in [3.05, 3.63) is 0 Å². The number of hydrogen-bond acceptors (Lipinski definition) is 4. The van der Waals surface area contributed by atoms with Gasteiger partial charge >= 0.3 is 0 Å². The number of likely N-dealkylation sites (tertiary alicyclic amines) is 1. The topological polar surface area (TPSA) is 61.6 Å². The molecule has 0 bridgehead atoms. The third-order valence-corrected chi connectivity index (χ3v) is 4.53. The number of rotatable bonds is 3. The normalized spacial score (nSPS) is 32.1. The zero-order valence-electron chi connectivity index (χ0n) is 11.5. The highest BCUT2D eigenvalue weighted by Crippen LogP contribution is 2.29. The summed E-state index contributed by atoms with van der Waals surface area (Å²) in [6.07, 6.45) is 2.87. The Morgan fingerprint density at radius 3 is 2.56 bits per heavy atom. The fraction of sp³-hybridized carbons (Fsp3) is 0.923. The van der Waals surface area contributed by atoms with Gasteiger partial charge in [0.1, 0.15) is 5.54 Å². The van der Waals surface area contributed by atoms with E-state index in [1.54, 1.807) is 0 Å². The minimum atomic E-state index is -0.397. The molecule has 0 aliphatic carbocycles. The van der Waals surface area contributed by atoms with E-state index in [0.717, 1.165) is 65.1 Å². The number of nitrogens with one attached hydrogen (secondary N) is 1. The highest BCUT2D eigenvalue weighted by atomic mass is 16.1. The van der Waals surface area contributed by atoms with Crippen molar-refractivity contribution in [3.63, 3.8) is 0 Å². The average Bonchev–Trinajstić information content (AvgIpc) is 2.63. The quantitative estimate of drug-likeness (QED) is 0.721. The summed E-state index contributed by atoms with van der Waals surface area (Å²) in [7, 11) is 0. The summed E-state index contributed by atoms with van der Waals surface area (Å²) >= 11 is 0. The molecule has 0 saturated carbocycles. The van der Waals surface area contributed by atoms with E-state index in [2.05, 4.69) is 22.0 Å². The van der Waals surface area contributed by atoms with E-state index in [-0.39, 0.29) is 5.91 Å². The molecule has 2 aliphatic heterocycles. The molecule has 1 unspecified atom stereocenters. The van der Waals surface area contributed by atoms with Crippen molar-refractivity contribution in [1.29, 1.82) is 0 Å². The van der Waals surface area contributed by atoms with Gasteiger partial charge in [0, 0.05) is 32.7 Å². The lowest BCUT2D eigenvalue weighted by molar-refractivity contribution is -0.131. The van der Waals surface area contributed by atoms with Gasteiger partial charge < -0.3 is 16.0 Å². The Morgan fingerprint density at radius 2 is 1.94 bits per heavy atom. The van der Waals surface area contributed by atoms with Gasteiger partial charge in [-0.05, 0) is 32.4 Å². The Labute approximate surface area is 110 Å². The molecule has 2 fully saturated rings. The lowest BCUT2D eigenvalue weighted by Gasteiger charge is -2.43. The predicted molar refractivity (Wildman–Crippen MR) is 72.3 cm³/mol. The molecule has 2 aliphatic rings. The van der Waals surface area contributed by atoms with Crippen LogP contribution >= 0.6 is 0 Å². The monoisotopic (exact) mass is 254 g/mol. The van der Waals surface area contributed by atoms with Crippen molar-refractivity contribution in [2.24, 2.45) is 5.73 Å². The van der Waals surface area contributed by atoms with Crippen LogP contribution in [0.2, 0.25) is 0 Å². The summed E-state index contributed by atoms with van der Waals surface area (Å²) < 4.78 is 0. The van der Waals surface area contributed by atoms with E-state index in [1.807, 2.05) is 0 Å². The van der Waals surface area contributed by atoms with Gasteiger partial charge in [0.05, 0.1) is 0 Å². The number of amides is 1. The molecular weight excluding hydrogens is 228 g/mol. The average molecular weight is 254 g/mol. The maximum Gasteiger partial charge on any atom is 0.238 e. The molecule has 1 amide bonds. The van der Waals surface area contributed by atoms with Crippen molar-refractivity contribution in [1.82, 2.24) is 15.1 Å². The van der Waals surface area contributed by atoms with Crippen molar-refractivity contribution >= 4 is 5.91 Å². The molecule has 5 heteroatoms. The molecule has 1 atom stereocenters.